The Morgan fingerprint density at radius 3 is 2.22 bits per heavy atom. The van der Waals surface area contributed by atoms with Crippen LogP contribution in [0, 0.1) is 20.8 Å². The molecule has 0 bridgehead atoms. The summed E-state index contributed by atoms with van der Waals surface area (Å²) in [6.45, 7) is 8.91. The first-order valence-electron chi connectivity index (χ1n) is 7.35. The Kier molecular flexibility index (Phi) is 6.42. The molecular formula is C17H29N. The van der Waals surface area contributed by atoms with Crippen molar-refractivity contribution >= 4 is 0 Å². The van der Waals surface area contributed by atoms with Gasteiger partial charge >= 0.3 is 0 Å². The topological polar surface area (TPSA) is 12.0 Å². The van der Waals surface area contributed by atoms with Crippen LogP contribution in [0.1, 0.15) is 67.3 Å². The lowest BCUT2D eigenvalue weighted by Crippen LogP contribution is -2.17. The molecule has 18 heavy (non-hydrogen) atoms. The van der Waals surface area contributed by atoms with Gasteiger partial charge in [-0.2, -0.15) is 0 Å². The summed E-state index contributed by atoms with van der Waals surface area (Å²) in [4.78, 5) is 0. The number of benzene rings is 1. The Hall–Kier alpha value is -0.820. The number of hydrogen-bond donors (Lipinski definition) is 1. The van der Waals surface area contributed by atoms with Crippen molar-refractivity contribution < 1.29 is 0 Å². The second-order valence-electron chi connectivity index (χ2n) is 5.48. The van der Waals surface area contributed by atoms with Crippen molar-refractivity contribution in [3.8, 4) is 0 Å². The summed E-state index contributed by atoms with van der Waals surface area (Å²) in [7, 11) is 2.08. The predicted octanol–water partition coefficient (Wildman–Crippen LogP) is 4.84. The van der Waals surface area contributed by atoms with E-state index in [0.717, 1.165) is 0 Å². The number of unbranched alkanes of at least 4 members (excludes halogenated alkanes) is 3. The molecule has 0 aromatic heterocycles. The van der Waals surface area contributed by atoms with Crippen LogP contribution in [0.4, 0.5) is 0 Å². The molecule has 1 atom stereocenters. The average molecular weight is 247 g/mol. The first-order valence-corrected chi connectivity index (χ1v) is 7.35. The molecule has 1 aromatic carbocycles. The maximum atomic E-state index is 3.48. The van der Waals surface area contributed by atoms with Crippen molar-refractivity contribution in [3.63, 3.8) is 0 Å². The Balaban J connectivity index is 2.72. The number of hydrogen-bond acceptors (Lipinski definition) is 1. The lowest BCUT2D eigenvalue weighted by molar-refractivity contribution is 0.503. The van der Waals surface area contributed by atoms with Crippen LogP contribution in [-0.2, 0) is 0 Å². The summed E-state index contributed by atoms with van der Waals surface area (Å²) in [5.74, 6) is 0. The monoisotopic (exact) mass is 247 g/mol. The fourth-order valence-corrected chi connectivity index (χ4v) is 2.59. The van der Waals surface area contributed by atoms with Gasteiger partial charge < -0.3 is 5.32 Å². The van der Waals surface area contributed by atoms with Crippen molar-refractivity contribution in [2.24, 2.45) is 0 Å². The highest BCUT2D eigenvalue weighted by atomic mass is 14.9. The van der Waals surface area contributed by atoms with Crippen LogP contribution in [0.15, 0.2) is 12.1 Å². The third kappa shape index (κ3) is 4.13. The van der Waals surface area contributed by atoms with E-state index in [4.69, 9.17) is 0 Å². The van der Waals surface area contributed by atoms with Crippen LogP contribution >= 0.6 is 0 Å². The lowest BCUT2D eigenvalue weighted by Gasteiger charge is -2.20. The van der Waals surface area contributed by atoms with Crippen LogP contribution in [0.25, 0.3) is 0 Å². The molecule has 1 N–H and O–H groups in total. The van der Waals surface area contributed by atoms with Gasteiger partial charge in [0.15, 0.2) is 0 Å². The Bertz CT molecular complexity index is 368. The van der Waals surface area contributed by atoms with Crippen LogP contribution in [0.2, 0.25) is 0 Å². The largest absolute Gasteiger partial charge is 0.313 e. The molecule has 1 unspecified atom stereocenters. The van der Waals surface area contributed by atoms with Gasteiger partial charge in [-0.3, -0.25) is 0 Å². The van der Waals surface area contributed by atoms with Gasteiger partial charge in [-0.25, -0.2) is 0 Å². The van der Waals surface area contributed by atoms with E-state index in [0.29, 0.717) is 6.04 Å². The third-order valence-corrected chi connectivity index (χ3v) is 3.95. The van der Waals surface area contributed by atoms with Crippen molar-refractivity contribution in [2.45, 2.75) is 65.8 Å². The highest BCUT2D eigenvalue weighted by Crippen LogP contribution is 2.25. The molecule has 102 valence electrons. The van der Waals surface area contributed by atoms with Gasteiger partial charge in [-0.05, 0) is 56.5 Å². The molecular weight excluding hydrogens is 218 g/mol. The molecule has 0 saturated heterocycles. The molecule has 0 amide bonds. The molecule has 0 aliphatic rings. The number of rotatable bonds is 7. The Labute approximate surface area is 113 Å². The normalized spacial score (nSPS) is 12.7. The molecule has 1 aromatic rings. The molecule has 1 heteroatoms. The van der Waals surface area contributed by atoms with Crippen LogP contribution in [0.3, 0.4) is 0 Å². The summed E-state index contributed by atoms with van der Waals surface area (Å²) >= 11 is 0. The lowest BCUT2D eigenvalue weighted by atomic mass is 9.93. The van der Waals surface area contributed by atoms with E-state index in [1.54, 1.807) is 0 Å². The van der Waals surface area contributed by atoms with Gasteiger partial charge in [0, 0.05) is 6.04 Å². The van der Waals surface area contributed by atoms with Gasteiger partial charge in [-0.1, -0.05) is 44.7 Å². The highest BCUT2D eigenvalue weighted by molar-refractivity contribution is 5.38. The van der Waals surface area contributed by atoms with Crippen molar-refractivity contribution in [3.05, 3.63) is 34.4 Å². The van der Waals surface area contributed by atoms with Crippen LogP contribution in [-0.4, -0.2) is 7.05 Å². The maximum absolute atomic E-state index is 3.48. The van der Waals surface area contributed by atoms with Crippen LogP contribution in [0.5, 0.6) is 0 Å². The van der Waals surface area contributed by atoms with Crippen molar-refractivity contribution in [1.82, 2.24) is 5.32 Å². The zero-order valence-electron chi connectivity index (χ0n) is 12.8. The summed E-state index contributed by atoms with van der Waals surface area (Å²) in [6, 6.07) is 5.20. The zero-order chi connectivity index (χ0) is 13.5. The van der Waals surface area contributed by atoms with Gasteiger partial charge in [-0.15, -0.1) is 0 Å². The van der Waals surface area contributed by atoms with Crippen molar-refractivity contribution in [2.75, 3.05) is 7.05 Å². The van der Waals surface area contributed by atoms with Crippen LogP contribution < -0.4 is 5.32 Å². The number of aryl methyl sites for hydroxylation is 3. The minimum atomic E-state index is 0.515. The molecule has 0 spiro atoms. The summed E-state index contributed by atoms with van der Waals surface area (Å²) in [5.41, 5.74) is 5.71. The van der Waals surface area contributed by atoms with E-state index < -0.39 is 0 Å². The highest BCUT2D eigenvalue weighted by Gasteiger charge is 2.12. The van der Waals surface area contributed by atoms with Gasteiger partial charge in [0.2, 0.25) is 0 Å². The molecule has 0 aliphatic heterocycles. The molecule has 0 heterocycles. The summed E-state index contributed by atoms with van der Waals surface area (Å²) in [6.07, 6.45) is 6.61. The molecule has 1 rings (SSSR count). The van der Waals surface area contributed by atoms with Gasteiger partial charge in [0.25, 0.3) is 0 Å². The van der Waals surface area contributed by atoms with E-state index in [9.17, 15) is 0 Å². The minimum absolute atomic E-state index is 0.515. The van der Waals surface area contributed by atoms with E-state index >= 15 is 0 Å². The molecule has 0 saturated carbocycles. The minimum Gasteiger partial charge on any atom is -0.313 e. The second kappa shape index (κ2) is 7.58. The van der Waals surface area contributed by atoms with E-state index in [-0.39, 0.29) is 0 Å². The smallest absolute Gasteiger partial charge is 0.0320 e. The summed E-state index contributed by atoms with van der Waals surface area (Å²) in [5, 5.41) is 3.48. The predicted molar refractivity (Wildman–Crippen MR) is 81.2 cm³/mol. The van der Waals surface area contributed by atoms with E-state index in [1.807, 2.05) is 0 Å². The number of nitrogens with one attached hydrogen (secondary N) is 1. The van der Waals surface area contributed by atoms with Gasteiger partial charge in [0.1, 0.15) is 0 Å². The standard InChI is InChI=1S/C17H29N/c1-6-7-8-9-10-17(18-5)16-12-14(3)13(2)11-15(16)4/h11-12,17-18H,6-10H2,1-5H3. The second-order valence-corrected chi connectivity index (χ2v) is 5.48. The van der Waals surface area contributed by atoms with E-state index in [2.05, 4.69) is 52.2 Å². The zero-order valence-corrected chi connectivity index (χ0v) is 12.8. The Morgan fingerprint density at radius 2 is 1.61 bits per heavy atom. The first-order chi connectivity index (χ1) is 8.60. The average Bonchev–Trinajstić information content (AvgIpc) is 2.35. The summed E-state index contributed by atoms with van der Waals surface area (Å²) < 4.78 is 0. The quantitative estimate of drug-likeness (QED) is 0.680. The SMILES string of the molecule is CCCCCCC(NC)c1cc(C)c(C)cc1C. The third-order valence-electron chi connectivity index (χ3n) is 3.95. The van der Waals surface area contributed by atoms with Gasteiger partial charge in [0.05, 0.1) is 0 Å². The fraction of sp³-hybridized carbons (Fsp3) is 0.647. The van der Waals surface area contributed by atoms with E-state index in [1.165, 1.54) is 54.4 Å². The first kappa shape index (κ1) is 15.2. The molecule has 0 fully saturated rings. The Morgan fingerprint density at radius 1 is 0.944 bits per heavy atom. The van der Waals surface area contributed by atoms with Crippen molar-refractivity contribution in [1.29, 1.82) is 0 Å². The molecule has 0 aliphatic carbocycles. The molecule has 1 nitrogen and oxygen atoms in total. The maximum Gasteiger partial charge on any atom is 0.0320 e. The fourth-order valence-electron chi connectivity index (χ4n) is 2.59. The molecule has 0 radical (unpaired) electrons.